The zero-order chi connectivity index (χ0) is 13.3. The number of piperidine rings is 1. The Morgan fingerprint density at radius 3 is 2.83 bits per heavy atom. The minimum absolute atomic E-state index is 0.0484. The van der Waals surface area contributed by atoms with E-state index in [2.05, 4.69) is 4.98 Å². The Hall–Kier alpha value is -1.62. The van der Waals surface area contributed by atoms with Gasteiger partial charge in [0.15, 0.2) is 0 Å². The first-order chi connectivity index (χ1) is 8.49. The van der Waals surface area contributed by atoms with Crippen molar-refractivity contribution in [2.24, 2.45) is 5.92 Å². The predicted molar refractivity (Wildman–Crippen MR) is 67.5 cm³/mol. The van der Waals surface area contributed by atoms with Crippen molar-refractivity contribution in [3.8, 4) is 0 Å². The number of aliphatic hydroxyl groups is 1. The highest BCUT2D eigenvalue weighted by atomic mass is 16.3. The maximum absolute atomic E-state index is 12.2. The van der Waals surface area contributed by atoms with Gasteiger partial charge in [0, 0.05) is 18.8 Å². The average Bonchev–Trinajstić information content (AvgIpc) is 2.32. The van der Waals surface area contributed by atoms with Gasteiger partial charge in [0.25, 0.3) is 11.5 Å². The summed E-state index contributed by atoms with van der Waals surface area (Å²) in [7, 11) is 0. The monoisotopic (exact) mass is 250 g/mol. The Kier molecular flexibility index (Phi) is 3.52. The lowest BCUT2D eigenvalue weighted by atomic mass is 9.96. The summed E-state index contributed by atoms with van der Waals surface area (Å²) in [6.07, 6.45) is 0.210. The van der Waals surface area contributed by atoms with E-state index in [0.29, 0.717) is 19.5 Å². The third kappa shape index (κ3) is 2.46. The second-order valence-electron chi connectivity index (χ2n) is 4.97. The fraction of sp³-hybridized carbons (Fsp3) is 0.538. The van der Waals surface area contributed by atoms with Crippen LogP contribution >= 0.6 is 0 Å². The molecular weight excluding hydrogens is 232 g/mol. The first kappa shape index (κ1) is 12.8. The molecule has 1 aromatic rings. The molecule has 0 radical (unpaired) electrons. The minimum Gasteiger partial charge on any atom is -0.393 e. The van der Waals surface area contributed by atoms with E-state index in [0.717, 1.165) is 5.69 Å². The Labute approximate surface area is 105 Å². The van der Waals surface area contributed by atoms with Crippen molar-refractivity contribution < 1.29 is 9.90 Å². The third-order valence-electron chi connectivity index (χ3n) is 3.43. The molecule has 0 spiro atoms. The first-order valence-corrected chi connectivity index (χ1v) is 6.16. The Balaban J connectivity index is 2.19. The van der Waals surface area contributed by atoms with Gasteiger partial charge in [-0.25, -0.2) is 0 Å². The number of aliphatic hydroxyl groups excluding tert-OH is 1. The quantitative estimate of drug-likeness (QED) is 0.763. The molecule has 0 bridgehead atoms. The summed E-state index contributed by atoms with van der Waals surface area (Å²) in [5.74, 6) is -0.206. The van der Waals surface area contributed by atoms with Crippen molar-refractivity contribution in [3.63, 3.8) is 0 Å². The van der Waals surface area contributed by atoms with Crippen molar-refractivity contribution >= 4 is 5.91 Å². The van der Waals surface area contributed by atoms with Crippen LogP contribution in [0.3, 0.4) is 0 Å². The maximum atomic E-state index is 12.2. The summed E-state index contributed by atoms with van der Waals surface area (Å²) >= 11 is 0. The van der Waals surface area contributed by atoms with E-state index in [1.165, 1.54) is 0 Å². The highest BCUT2D eigenvalue weighted by Gasteiger charge is 2.28. The van der Waals surface area contributed by atoms with E-state index in [1.54, 1.807) is 24.0 Å². The van der Waals surface area contributed by atoms with Gasteiger partial charge in [-0.1, -0.05) is 6.92 Å². The van der Waals surface area contributed by atoms with Gasteiger partial charge in [0.2, 0.25) is 0 Å². The number of carbonyl (C=O) groups excluding carboxylic acids is 1. The molecule has 2 heterocycles. The normalized spacial score (nSPS) is 24.1. The summed E-state index contributed by atoms with van der Waals surface area (Å²) in [4.78, 5) is 28.2. The molecule has 2 rings (SSSR count). The number of aromatic nitrogens is 1. The predicted octanol–water partition coefficient (Wildman–Crippen LogP) is 0.526. The lowest BCUT2D eigenvalue weighted by Crippen LogP contribution is -2.46. The molecule has 1 amide bonds. The number of amides is 1. The van der Waals surface area contributed by atoms with Crippen LogP contribution in [0.25, 0.3) is 0 Å². The largest absolute Gasteiger partial charge is 0.393 e. The van der Waals surface area contributed by atoms with Gasteiger partial charge in [-0.15, -0.1) is 0 Å². The fourth-order valence-corrected chi connectivity index (χ4v) is 2.23. The molecule has 0 aromatic carbocycles. The SMILES string of the molecule is Cc1ccc(C(=O)N2CCC(O)C(C)C2)c(=O)[nH]1. The number of hydrogen-bond donors (Lipinski definition) is 2. The van der Waals surface area contributed by atoms with E-state index in [-0.39, 0.29) is 29.1 Å². The summed E-state index contributed by atoms with van der Waals surface area (Å²) < 4.78 is 0. The topological polar surface area (TPSA) is 73.4 Å². The molecule has 0 saturated carbocycles. The molecule has 1 aliphatic rings. The minimum atomic E-state index is -0.356. The van der Waals surface area contributed by atoms with Gasteiger partial charge in [-0.2, -0.15) is 0 Å². The van der Waals surface area contributed by atoms with E-state index >= 15 is 0 Å². The summed E-state index contributed by atoms with van der Waals surface area (Å²) in [5.41, 5.74) is 0.557. The van der Waals surface area contributed by atoms with Crippen molar-refractivity contribution in [2.45, 2.75) is 26.4 Å². The Bertz CT molecular complexity index is 509. The number of likely N-dealkylation sites (tertiary alicyclic amines) is 1. The molecule has 18 heavy (non-hydrogen) atoms. The number of carbonyl (C=O) groups is 1. The van der Waals surface area contributed by atoms with Crippen LogP contribution in [0.15, 0.2) is 16.9 Å². The second kappa shape index (κ2) is 4.94. The zero-order valence-electron chi connectivity index (χ0n) is 10.6. The maximum Gasteiger partial charge on any atom is 0.260 e. The molecule has 2 N–H and O–H groups in total. The number of H-pyrrole nitrogens is 1. The molecule has 2 atom stereocenters. The van der Waals surface area contributed by atoms with Crippen molar-refractivity contribution in [1.82, 2.24) is 9.88 Å². The van der Waals surface area contributed by atoms with E-state index in [1.807, 2.05) is 6.92 Å². The van der Waals surface area contributed by atoms with Crippen LogP contribution in [-0.4, -0.2) is 40.1 Å². The van der Waals surface area contributed by atoms with Gasteiger partial charge in [-0.05, 0) is 31.4 Å². The van der Waals surface area contributed by atoms with Crippen molar-refractivity contribution in [2.75, 3.05) is 13.1 Å². The number of rotatable bonds is 1. The number of aromatic amines is 1. The second-order valence-corrected chi connectivity index (χ2v) is 4.97. The molecule has 5 heteroatoms. The molecule has 1 fully saturated rings. The van der Waals surface area contributed by atoms with Gasteiger partial charge in [-0.3, -0.25) is 9.59 Å². The molecule has 1 aliphatic heterocycles. The number of hydrogen-bond acceptors (Lipinski definition) is 3. The summed E-state index contributed by atoms with van der Waals surface area (Å²) in [6, 6.07) is 3.28. The van der Waals surface area contributed by atoms with Gasteiger partial charge >= 0.3 is 0 Å². The molecule has 5 nitrogen and oxygen atoms in total. The van der Waals surface area contributed by atoms with Crippen molar-refractivity contribution in [1.29, 1.82) is 0 Å². The summed E-state index contributed by atoms with van der Waals surface area (Å²) in [6.45, 7) is 4.67. The van der Waals surface area contributed by atoms with E-state index in [4.69, 9.17) is 0 Å². The number of nitrogens with zero attached hydrogens (tertiary/aromatic N) is 1. The lowest BCUT2D eigenvalue weighted by molar-refractivity contribution is 0.0296. The van der Waals surface area contributed by atoms with Crippen LogP contribution in [-0.2, 0) is 0 Å². The number of nitrogens with one attached hydrogen (secondary N) is 1. The highest BCUT2D eigenvalue weighted by molar-refractivity contribution is 5.93. The summed E-state index contributed by atoms with van der Waals surface area (Å²) in [5, 5.41) is 9.63. The number of pyridine rings is 1. The van der Waals surface area contributed by atoms with Crippen molar-refractivity contribution in [3.05, 3.63) is 33.7 Å². The molecule has 1 aromatic heterocycles. The van der Waals surface area contributed by atoms with Crippen LogP contribution in [0.2, 0.25) is 0 Å². The lowest BCUT2D eigenvalue weighted by Gasteiger charge is -2.34. The standard InChI is InChI=1S/C13H18N2O3/c1-8-7-15(6-5-11(8)16)13(18)10-4-3-9(2)14-12(10)17/h3-4,8,11,16H,5-7H2,1-2H3,(H,14,17). The fourth-order valence-electron chi connectivity index (χ4n) is 2.23. The van der Waals surface area contributed by atoms with Crippen LogP contribution in [0.1, 0.15) is 29.4 Å². The molecule has 98 valence electrons. The first-order valence-electron chi connectivity index (χ1n) is 6.16. The van der Waals surface area contributed by atoms with Gasteiger partial charge in [0.05, 0.1) is 6.10 Å². The Morgan fingerprint density at radius 1 is 1.50 bits per heavy atom. The molecule has 2 unspecified atom stereocenters. The third-order valence-corrected chi connectivity index (χ3v) is 3.43. The average molecular weight is 250 g/mol. The van der Waals surface area contributed by atoms with Crippen LogP contribution in [0.4, 0.5) is 0 Å². The smallest absolute Gasteiger partial charge is 0.260 e. The van der Waals surface area contributed by atoms with Gasteiger partial charge in [0.1, 0.15) is 5.56 Å². The van der Waals surface area contributed by atoms with Crippen LogP contribution in [0.5, 0.6) is 0 Å². The number of aryl methyl sites for hydroxylation is 1. The van der Waals surface area contributed by atoms with E-state index < -0.39 is 0 Å². The van der Waals surface area contributed by atoms with Gasteiger partial charge < -0.3 is 15.0 Å². The Morgan fingerprint density at radius 2 is 2.22 bits per heavy atom. The van der Waals surface area contributed by atoms with Crippen LogP contribution in [0, 0.1) is 12.8 Å². The van der Waals surface area contributed by atoms with Crippen LogP contribution < -0.4 is 5.56 Å². The zero-order valence-corrected chi connectivity index (χ0v) is 10.6. The molecule has 1 saturated heterocycles. The molecule has 0 aliphatic carbocycles. The highest BCUT2D eigenvalue weighted by Crippen LogP contribution is 2.17. The molecular formula is C13H18N2O3. The van der Waals surface area contributed by atoms with E-state index in [9.17, 15) is 14.7 Å².